The molecular weight excluding hydrogens is 156 g/mol. The molecule has 12 heavy (non-hydrogen) atoms. The van der Waals surface area contributed by atoms with Gasteiger partial charge in [0.05, 0.1) is 6.54 Å². The lowest BCUT2D eigenvalue weighted by atomic mass is 10.1. The first-order valence-electron chi connectivity index (χ1n) is 4.46. The van der Waals surface area contributed by atoms with Crippen LogP contribution in [0, 0.1) is 0 Å². The van der Waals surface area contributed by atoms with Crippen molar-refractivity contribution in [3.63, 3.8) is 0 Å². The van der Waals surface area contributed by atoms with E-state index in [-0.39, 0.29) is 0 Å². The summed E-state index contributed by atoms with van der Waals surface area (Å²) in [6.07, 6.45) is 2.38. The molecule has 1 atom stereocenters. The number of carboxylic acids is 1. The number of hydrogen-bond donors (Lipinski definition) is 3. The van der Waals surface area contributed by atoms with Crippen LogP contribution in [0.1, 0.15) is 33.1 Å². The monoisotopic (exact) mass is 177 g/mol. The number of nitrogens with two attached hydrogens (primary N) is 1. The minimum Gasteiger partial charge on any atom is -0.480 e. The van der Waals surface area contributed by atoms with Gasteiger partial charge in [0, 0.05) is 0 Å². The maximum atomic E-state index is 10.2. The van der Waals surface area contributed by atoms with Crippen molar-refractivity contribution in [1.82, 2.24) is 0 Å². The summed E-state index contributed by atoms with van der Waals surface area (Å²) in [4.78, 5) is 10.2. The van der Waals surface area contributed by atoms with E-state index in [0.29, 0.717) is 6.42 Å². The summed E-state index contributed by atoms with van der Waals surface area (Å²) in [5.74, 6) is -0.913. The number of carboxylic acid groups (broad SMARTS) is 1. The van der Waals surface area contributed by atoms with Crippen LogP contribution in [-0.2, 0) is 4.79 Å². The molecule has 0 aromatic rings. The van der Waals surface area contributed by atoms with Gasteiger partial charge >= 0.3 is 5.97 Å². The molecule has 0 aromatic carbocycles. The highest BCUT2D eigenvalue weighted by Gasteiger charge is 2.09. The third-order valence-corrected chi connectivity index (χ3v) is 1.33. The van der Waals surface area contributed by atoms with E-state index < -0.39 is 12.0 Å². The van der Waals surface area contributed by atoms with Crippen LogP contribution in [-0.4, -0.2) is 23.7 Å². The van der Waals surface area contributed by atoms with Gasteiger partial charge in [-0.15, -0.1) is 0 Å². The van der Waals surface area contributed by atoms with Gasteiger partial charge in [-0.25, -0.2) is 0 Å². The molecule has 0 saturated heterocycles. The number of rotatable bonds is 5. The first-order chi connectivity index (χ1) is 5.68. The Morgan fingerprint density at radius 3 is 2.33 bits per heavy atom. The third-order valence-electron chi connectivity index (χ3n) is 1.33. The lowest BCUT2D eigenvalue weighted by Crippen LogP contribution is -2.50. The van der Waals surface area contributed by atoms with Crippen LogP contribution in [0.4, 0.5) is 0 Å². The van der Waals surface area contributed by atoms with Crippen LogP contribution in [0.2, 0.25) is 0 Å². The van der Waals surface area contributed by atoms with E-state index in [1.165, 1.54) is 0 Å². The lowest BCUT2D eigenvalue weighted by Gasteiger charge is -2.02. The van der Waals surface area contributed by atoms with Gasteiger partial charge in [-0.05, 0) is 19.3 Å². The molecule has 0 rings (SSSR count). The van der Waals surface area contributed by atoms with Crippen LogP contribution in [0.5, 0.6) is 0 Å². The highest BCUT2D eigenvalue weighted by atomic mass is 16.4. The molecule has 0 aliphatic heterocycles. The lowest BCUT2D eigenvalue weighted by molar-refractivity contribution is -0.368. The molecule has 6 N–H and O–H groups in total. The van der Waals surface area contributed by atoms with Gasteiger partial charge in [-0.1, -0.05) is 13.8 Å². The van der Waals surface area contributed by atoms with Gasteiger partial charge in [0.15, 0.2) is 0 Å². The van der Waals surface area contributed by atoms with Gasteiger partial charge in [0.2, 0.25) is 0 Å². The summed E-state index contributed by atoms with van der Waals surface area (Å²) < 4.78 is 0. The van der Waals surface area contributed by atoms with Crippen LogP contribution < -0.4 is 11.5 Å². The topological polar surface area (TPSA) is 91.0 Å². The Bertz CT molecular complexity index is 107. The van der Waals surface area contributed by atoms with Crippen LogP contribution in [0.25, 0.3) is 0 Å². The second-order valence-electron chi connectivity index (χ2n) is 2.29. The average molecular weight is 177 g/mol. The van der Waals surface area contributed by atoms with E-state index in [4.69, 9.17) is 10.8 Å². The zero-order valence-corrected chi connectivity index (χ0v) is 8.05. The van der Waals surface area contributed by atoms with Crippen molar-refractivity contribution in [3.8, 4) is 0 Å². The summed E-state index contributed by atoms with van der Waals surface area (Å²) in [7, 11) is 0. The molecule has 4 heteroatoms. The van der Waals surface area contributed by atoms with E-state index in [0.717, 1.165) is 19.4 Å². The highest BCUT2D eigenvalue weighted by molar-refractivity contribution is 5.72. The molecule has 74 valence electrons. The Morgan fingerprint density at radius 2 is 2.00 bits per heavy atom. The molecular formula is C8H21N2O2+. The fourth-order valence-corrected chi connectivity index (χ4v) is 0.665. The van der Waals surface area contributed by atoms with E-state index >= 15 is 0 Å². The summed E-state index contributed by atoms with van der Waals surface area (Å²) >= 11 is 0. The van der Waals surface area contributed by atoms with E-state index in [1.54, 1.807) is 0 Å². The predicted molar refractivity (Wildman–Crippen MR) is 48.6 cm³/mol. The normalized spacial score (nSPS) is 11.3. The Labute approximate surface area is 73.9 Å². The Morgan fingerprint density at radius 1 is 1.50 bits per heavy atom. The molecule has 0 spiro atoms. The number of hydrogen-bond acceptors (Lipinski definition) is 2. The fraction of sp³-hybridized carbons (Fsp3) is 0.875. The second-order valence-corrected chi connectivity index (χ2v) is 2.29. The SMILES string of the molecule is CC.NC(CCCC[NH3+])C(=O)O. The van der Waals surface area contributed by atoms with Crippen molar-refractivity contribution in [3.05, 3.63) is 0 Å². The minimum absolute atomic E-state index is 0.560. The van der Waals surface area contributed by atoms with E-state index in [2.05, 4.69) is 5.73 Å². The standard InChI is InChI=1S/C6H14N2O2.C2H6/c7-4-2-1-3-5(8)6(9)10;1-2/h5H,1-4,7-8H2,(H,9,10);1-2H3/p+1. The molecule has 0 fully saturated rings. The smallest absolute Gasteiger partial charge is 0.320 e. The average Bonchev–Trinajstić information content (AvgIpc) is 2.08. The fourth-order valence-electron chi connectivity index (χ4n) is 0.665. The van der Waals surface area contributed by atoms with Crippen LogP contribution in [0.3, 0.4) is 0 Å². The molecule has 0 saturated carbocycles. The molecule has 0 aromatic heterocycles. The van der Waals surface area contributed by atoms with Gasteiger partial charge in [0.1, 0.15) is 6.04 Å². The summed E-state index contributed by atoms with van der Waals surface area (Å²) in [6.45, 7) is 4.85. The van der Waals surface area contributed by atoms with Crippen molar-refractivity contribution >= 4 is 5.97 Å². The van der Waals surface area contributed by atoms with Crippen molar-refractivity contribution in [2.75, 3.05) is 6.54 Å². The third kappa shape index (κ3) is 9.39. The quantitative estimate of drug-likeness (QED) is 0.509. The Kier molecular flexibility index (Phi) is 12.1. The molecule has 0 bridgehead atoms. The van der Waals surface area contributed by atoms with Crippen molar-refractivity contribution in [2.45, 2.75) is 39.2 Å². The largest absolute Gasteiger partial charge is 0.480 e. The molecule has 0 aliphatic carbocycles. The first-order valence-corrected chi connectivity index (χ1v) is 4.46. The summed E-state index contributed by atoms with van der Waals surface area (Å²) in [5.41, 5.74) is 8.88. The maximum absolute atomic E-state index is 10.2. The van der Waals surface area contributed by atoms with Crippen molar-refractivity contribution in [2.24, 2.45) is 5.73 Å². The molecule has 4 nitrogen and oxygen atoms in total. The first kappa shape index (κ1) is 13.9. The number of carbonyl (C=O) groups is 1. The Hall–Kier alpha value is -0.610. The highest BCUT2D eigenvalue weighted by Crippen LogP contribution is 1.96. The summed E-state index contributed by atoms with van der Waals surface area (Å²) in [5, 5.41) is 8.34. The minimum atomic E-state index is -0.913. The van der Waals surface area contributed by atoms with Gasteiger partial charge in [-0.3, -0.25) is 4.79 Å². The van der Waals surface area contributed by atoms with Gasteiger partial charge < -0.3 is 16.6 Å². The second kappa shape index (κ2) is 10.4. The Balaban J connectivity index is 0. The van der Waals surface area contributed by atoms with Crippen LogP contribution in [0.15, 0.2) is 0 Å². The number of unbranched alkanes of at least 4 members (excludes halogenated alkanes) is 1. The zero-order chi connectivity index (χ0) is 9.98. The molecule has 0 amide bonds. The maximum Gasteiger partial charge on any atom is 0.320 e. The van der Waals surface area contributed by atoms with Crippen LogP contribution >= 0.6 is 0 Å². The van der Waals surface area contributed by atoms with Crippen molar-refractivity contribution in [1.29, 1.82) is 0 Å². The molecule has 0 radical (unpaired) electrons. The number of aliphatic carboxylic acids is 1. The van der Waals surface area contributed by atoms with E-state index in [1.807, 2.05) is 13.8 Å². The summed E-state index contributed by atoms with van der Waals surface area (Å²) in [6, 6.07) is -0.688. The van der Waals surface area contributed by atoms with Gasteiger partial charge in [-0.2, -0.15) is 0 Å². The van der Waals surface area contributed by atoms with Crippen molar-refractivity contribution < 1.29 is 15.6 Å². The zero-order valence-electron chi connectivity index (χ0n) is 8.05. The predicted octanol–water partition coefficient (Wildman–Crippen LogP) is -0.163. The molecule has 1 unspecified atom stereocenters. The van der Waals surface area contributed by atoms with E-state index in [9.17, 15) is 4.79 Å². The van der Waals surface area contributed by atoms with Gasteiger partial charge in [0.25, 0.3) is 0 Å². The molecule has 0 aliphatic rings. The number of quaternary nitrogens is 1. The molecule has 0 heterocycles.